The molecule has 1 aromatic carbocycles. The smallest absolute Gasteiger partial charge is 0.471 e. The third kappa shape index (κ3) is 3.97. The monoisotopic (exact) mass is 275 g/mol. The van der Waals surface area contributed by atoms with E-state index in [1.165, 1.54) is 12.1 Å². The first kappa shape index (κ1) is 15.0. The van der Waals surface area contributed by atoms with Gasteiger partial charge in [-0.05, 0) is 18.6 Å². The van der Waals surface area contributed by atoms with Crippen molar-refractivity contribution in [2.24, 2.45) is 0 Å². The third-order valence-electron chi connectivity index (χ3n) is 2.44. The molecule has 0 saturated heterocycles. The molecule has 0 fully saturated rings. The van der Waals surface area contributed by atoms with E-state index in [0.29, 0.717) is 10.5 Å². The number of aliphatic carboxylic acids is 1. The highest BCUT2D eigenvalue weighted by Crippen LogP contribution is 2.26. The first-order valence-electron chi connectivity index (χ1n) is 5.39. The second kappa shape index (κ2) is 5.73. The number of hydrogen-bond acceptors (Lipinski definition) is 2. The maximum absolute atomic E-state index is 12.5. The topological polar surface area (TPSA) is 57.6 Å². The van der Waals surface area contributed by atoms with Gasteiger partial charge < -0.3 is 10.0 Å². The Balaban J connectivity index is 3.09. The Hall–Kier alpha value is -2.05. The molecule has 1 amide bonds. The average Bonchev–Trinajstić information content (AvgIpc) is 2.29. The summed E-state index contributed by atoms with van der Waals surface area (Å²) >= 11 is 0. The van der Waals surface area contributed by atoms with Crippen molar-refractivity contribution in [3.05, 3.63) is 29.8 Å². The Kier molecular flexibility index (Phi) is 4.52. The number of rotatable bonds is 4. The number of carbonyl (C=O) groups excluding carboxylic acids is 1. The van der Waals surface area contributed by atoms with Crippen molar-refractivity contribution in [2.75, 3.05) is 11.4 Å². The van der Waals surface area contributed by atoms with E-state index in [9.17, 15) is 22.8 Å². The Morgan fingerprint density at radius 2 is 1.84 bits per heavy atom. The van der Waals surface area contributed by atoms with Crippen molar-refractivity contribution in [1.29, 1.82) is 0 Å². The molecule has 1 aromatic rings. The molecule has 104 valence electrons. The van der Waals surface area contributed by atoms with Crippen molar-refractivity contribution < 1.29 is 27.9 Å². The van der Waals surface area contributed by atoms with Crippen LogP contribution in [0.25, 0.3) is 0 Å². The second-order valence-corrected chi connectivity index (χ2v) is 3.88. The summed E-state index contributed by atoms with van der Waals surface area (Å²) in [5.74, 6) is -3.34. The minimum absolute atomic E-state index is 0.0612. The predicted octanol–water partition coefficient (Wildman–Crippen LogP) is 2.37. The van der Waals surface area contributed by atoms with Gasteiger partial charge in [0, 0.05) is 12.2 Å². The standard InChI is InChI=1S/C12H12F3NO3/c1-8-4-2-3-5-9(8)16(7-6-10(17)18)11(19)12(13,14)15/h2-5H,6-7H2,1H3,(H,17,18). The molecule has 0 aliphatic rings. The molecule has 0 aromatic heterocycles. The van der Waals surface area contributed by atoms with Gasteiger partial charge in [0.05, 0.1) is 6.42 Å². The molecule has 0 radical (unpaired) electrons. The molecule has 0 aliphatic heterocycles. The van der Waals surface area contributed by atoms with Crippen molar-refractivity contribution >= 4 is 17.6 Å². The highest BCUT2D eigenvalue weighted by molar-refractivity contribution is 5.98. The first-order valence-corrected chi connectivity index (χ1v) is 5.39. The van der Waals surface area contributed by atoms with Crippen LogP contribution in [0.3, 0.4) is 0 Å². The van der Waals surface area contributed by atoms with Gasteiger partial charge in [-0.25, -0.2) is 0 Å². The number of hydrogen-bond donors (Lipinski definition) is 1. The van der Waals surface area contributed by atoms with Gasteiger partial charge in [-0.2, -0.15) is 13.2 Å². The van der Waals surface area contributed by atoms with Crippen molar-refractivity contribution in [3.8, 4) is 0 Å². The molecule has 0 atom stereocenters. The van der Waals surface area contributed by atoms with E-state index in [4.69, 9.17) is 5.11 Å². The van der Waals surface area contributed by atoms with Crippen LogP contribution in [0.4, 0.5) is 18.9 Å². The van der Waals surface area contributed by atoms with Crippen molar-refractivity contribution in [2.45, 2.75) is 19.5 Å². The van der Waals surface area contributed by atoms with Crippen LogP contribution in [0, 0.1) is 6.92 Å². The Bertz CT molecular complexity index is 485. The molecule has 0 heterocycles. The van der Waals surface area contributed by atoms with Gasteiger partial charge in [-0.15, -0.1) is 0 Å². The fourth-order valence-electron chi connectivity index (χ4n) is 1.56. The van der Waals surface area contributed by atoms with E-state index in [0.717, 1.165) is 0 Å². The second-order valence-electron chi connectivity index (χ2n) is 3.88. The van der Waals surface area contributed by atoms with Crippen LogP contribution in [0.5, 0.6) is 0 Å². The lowest BCUT2D eigenvalue weighted by Gasteiger charge is -2.24. The number of halogens is 3. The van der Waals surface area contributed by atoms with E-state index < -0.39 is 31.0 Å². The SMILES string of the molecule is Cc1ccccc1N(CCC(=O)O)C(=O)C(F)(F)F. The van der Waals surface area contributed by atoms with E-state index in [-0.39, 0.29) is 5.69 Å². The summed E-state index contributed by atoms with van der Waals surface area (Å²) in [6.07, 6.45) is -5.60. The summed E-state index contributed by atoms with van der Waals surface area (Å²) in [6.45, 7) is 1.02. The summed E-state index contributed by atoms with van der Waals surface area (Å²) < 4.78 is 37.5. The van der Waals surface area contributed by atoms with E-state index >= 15 is 0 Å². The van der Waals surface area contributed by atoms with Crippen LogP contribution in [0.2, 0.25) is 0 Å². The molecule has 0 saturated carbocycles. The zero-order valence-electron chi connectivity index (χ0n) is 10.1. The fourth-order valence-corrected chi connectivity index (χ4v) is 1.56. The summed E-state index contributed by atoms with van der Waals surface area (Å²) in [4.78, 5) is 22.3. The number of anilines is 1. The normalized spacial score (nSPS) is 11.2. The van der Waals surface area contributed by atoms with Gasteiger partial charge in [0.15, 0.2) is 0 Å². The van der Waals surface area contributed by atoms with E-state index in [1.54, 1.807) is 19.1 Å². The molecule has 0 bridgehead atoms. The minimum atomic E-state index is -5.04. The predicted molar refractivity (Wildman–Crippen MR) is 61.8 cm³/mol. The lowest BCUT2D eigenvalue weighted by molar-refractivity contribution is -0.170. The Labute approximate surface area is 107 Å². The van der Waals surface area contributed by atoms with Crippen LogP contribution in [0.1, 0.15) is 12.0 Å². The van der Waals surface area contributed by atoms with Gasteiger partial charge in [0.2, 0.25) is 0 Å². The zero-order valence-corrected chi connectivity index (χ0v) is 10.1. The van der Waals surface area contributed by atoms with Crippen LogP contribution < -0.4 is 4.90 Å². The van der Waals surface area contributed by atoms with Crippen LogP contribution in [-0.2, 0) is 9.59 Å². The number of benzene rings is 1. The number of para-hydroxylation sites is 1. The fraction of sp³-hybridized carbons (Fsp3) is 0.333. The van der Waals surface area contributed by atoms with Gasteiger partial charge >= 0.3 is 18.1 Å². The van der Waals surface area contributed by atoms with E-state index in [1.807, 2.05) is 0 Å². The van der Waals surface area contributed by atoms with Crippen LogP contribution >= 0.6 is 0 Å². The molecule has 0 spiro atoms. The highest BCUT2D eigenvalue weighted by atomic mass is 19.4. The molecular formula is C12H12F3NO3. The molecule has 7 heteroatoms. The molecule has 4 nitrogen and oxygen atoms in total. The van der Waals surface area contributed by atoms with Crippen molar-refractivity contribution in [1.82, 2.24) is 0 Å². The maximum atomic E-state index is 12.5. The summed E-state index contributed by atoms with van der Waals surface area (Å²) in [5, 5.41) is 8.54. The summed E-state index contributed by atoms with van der Waals surface area (Å²) in [5.41, 5.74) is 0.525. The molecule has 0 aliphatic carbocycles. The molecule has 1 N–H and O–H groups in total. The molecular weight excluding hydrogens is 263 g/mol. The number of carboxylic acids is 1. The Morgan fingerprint density at radius 3 is 2.32 bits per heavy atom. The number of amides is 1. The van der Waals surface area contributed by atoms with Gasteiger partial charge in [-0.3, -0.25) is 9.59 Å². The van der Waals surface area contributed by atoms with Crippen LogP contribution in [-0.4, -0.2) is 29.7 Å². The number of carbonyl (C=O) groups is 2. The lowest BCUT2D eigenvalue weighted by atomic mass is 10.1. The molecule has 19 heavy (non-hydrogen) atoms. The van der Waals surface area contributed by atoms with Gasteiger partial charge in [0.25, 0.3) is 0 Å². The third-order valence-corrected chi connectivity index (χ3v) is 2.44. The first-order chi connectivity index (χ1) is 8.73. The number of carboxylic acid groups (broad SMARTS) is 1. The lowest BCUT2D eigenvalue weighted by Crippen LogP contribution is -2.42. The number of alkyl halides is 3. The summed E-state index contributed by atoms with van der Waals surface area (Å²) in [7, 11) is 0. The zero-order chi connectivity index (χ0) is 14.6. The maximum Gasteiger partial charge on any atom is 0.471 e. The minimum Gasteiger partial charge on any atom is -0.481 e. The summed E-state index contributed by atoms with van der Waals surface area (Å²) in [6, 6.07) is 6.00. The highest BCUT2D eigenvalue weighted by Gasteiger charge is 2.43. The number of aryl methyl sites for hydroxylation is 1. The quantitative estimate of drug-likeness (QED) is 0.917. The Morgan fingerprint density at radius 1 is 1.26 bits per heavy atom. The largest absolute Gasteiger partial charge is 0.481 e. The average molecular weight is 275 g/mol. The van der Waals surface area contributed by atoms with E-state index in [2.05, 4.69) is 0 Å². The van der Waals surface area contributed by atoms with Crippen molar-refractivity contribution in [3.63, 3.8) is 0 Å². The van der Waals surface area contributed by atoms with Gasteiger partial charge in [0.1, 0.15) is 0 Å². The van der Waals surface area contributed by atoms with Gasteiger partial charge in [-0.1, -0.05) is 18.2 Å². The van der Waals surface area contributed by atoms with Crippen LogP contribution in [0.15, 0.2) is 24.3 Å². The molecule has 1 rings (SSSR count). The molecule has 0 unspecified atom stereocenters. The number of nitrogens with zero attached hydrogens (tertiary/aromatic N) is 1.